The van der Waals surface area contributed by atoms with E-state index < -0.39 is 11.6 Å². The summed E-state index contributed by atoms with van der Waals surface area (Å²) in [4.78, 5) is 41.2. The third kappa shape index (κ3) is 5.21. The van der Waals surface area contributed by atoms with Crippen molar-refractivity contribution >= 4 is 29.4 Å². The number of carbonyl (C=O) groups excluding carboxylic acids is 3. The molecular weight excluding hydrogens is 360 g/mol. The minimum absolute atomic E-state index is 0.0343. The molecule has 2 aliphatic rings. The predicted octanol–water partition coefficient (Wildman–Crippen LogP) is 2.84. The third-order valence-electron chi connectivity index (χ3n) is 4.93. The zero-order valence-corrected chi connectivity index (χ0v) is 16.7. The van der Waals surface area contributed by atoms with E-state index in [2.05, 4.69) is 15.6 Å². The molecule has 0 bridgehead atoms. The highest BCUT2D eigenvalue weighted by Gasteiger charge is 2.30. The topological polar surface area (TPSA) is 101 Å². The van der Waals surface area contributed by atoms with Crippen molar-refractivity contribution < 1.29 is 19.1 Å². The van der Waals surface area contributed by atoms with Crippen LogP contribution in [0, 0.1) is 5.92 Å². The van der Waals surface area contributed by atoms with Crippen molar-refractivity contribution in [1.29, 1.82) is 0 Å². The largest absolute Gasteiger partial charge is 0.460 e. The first kappa shape index (κ1) is 20.1. The zero-order valence-electron chi connectivity index (χ0n) is 16.7. The van der Waals surface area contributed by atoms with E-state index in [1.807, 2.05) is 32.9 Å². The van der Waals surface area contributed by atoms with Crippen molar-refractivity contribution in [3.05, 3.63) is 18.3 Å². The van der Waals surface area contributed by atoms with Gasteiger partial charge in [-0.3, -0.25) is 19.8 Å². The van der Waals surface area contributed by atoms with Gasteiger partial charge >= 0.3 is 12.0 Å². The zero-order chi connectivity index (χ0) is 20.3. The number of ether oxygens (including phenoxy) is 1. The molecule has 3 rings (SSSR count). The summed E-state index contributed by atoms with van der Waals surface area (Å²) >= 11 is 0. The van der Waals surface area contributed by atoms with Crippen molar-refractivity contribution in [2.75, 3.05) is 16.8 Å². The van der Waals surface area contributed by atoms with Gasteiger partial charge in [0.05, 0.1) is 17.8 Å². The van der Waals surface area contributed by atoms with Gasteiger partial charge in [-0.25, -0.2) is 9.78 Å². The Morgan fingerprint density at radius 3 is 2.50 bits per heavy atom. The first-order valence-electron chi connectivity index (χ1n) is 9.78. The molecule has 2 fully saturated rings. The summed E-state index contributed by atoms with van der Waals surface area (Å²) in [6.45, 7) is 6.02. The number of urea groups is 1. The Kier molecular flexibility index (Phi) is 5.86. The SMILES string of the molecule is CC(C)(C)OC(=O)[C@H]1CC[C@H](Nc2ccc(N3CCC(=O)NC3=O)cn2)CC1. The molecule has 0 radical (unpaired) electrons. The van der Waals surface area contributed by atoms with Crippen LogP contribution in [0.3, 0.4) is 0 Å². The Labute approximate surface area is 165 Å². The van der Waals surface area contributed by atoms with E-state index >= 15 is 0 Å². The molecule has 1 saturated carbocycles. The summed E-state index contributed by atoms with van der Waals surface area (Å²) in [6.07, 6.45) is 5.27. The number of rotatable bonds is 4. The number of nitrogens with zero attached hydrogens (tertiary/aromatic N) is 2. The van der Waals surface area contributed by atoms with Gasteiger partial charge in [0.2, 0.25) is 5.91 Å². The van der Waals surface area contributed by atoms with Gasteiger partial charge in [-0.15, -0.1) is 0 Å². The number of nitrogens with one attached hydrogen (secondary N) is 2. The van der Waals surface area contributed by atoms with Crippen molar-refractivity contribution in [2.24, 2.45) is 5.92 Å². The number of carbonyl (C=O) groups is 3. The highest BCUT2D eigenvalue weighted by atomic mass is 16.6. The summed E-state index contributed by atoms with van der Waals surface area (Å²) in [6, 6.07) is 3.49. The minimum Gasteiger partial charge on any atom is -0.460 e. The quantitative estimate of drug-likeness (QED) is 0.769. The number of imide groups is 1. The molecule has 1 aromatic heterocycles. The second-order valence-electron chi connectivity index (χ2n) is 8.38. The maximum absolute atomic E-state index is 12.2. The van der Waals surface area contributed by atoms with E-state index in [1.54, 1.807) is 6.20 Å². The Morgan fingerprint density at radius 2 is 1.93 bits per heavy atom. The molecule has 0 aromatic carbocycles. The smallest absolute Gasteiger partial charge is 0.328 e. The number of pyridine rings is 1. The van der Waals surface area contributed by atoms with E-state index in [9.17, 15) is 14.4 Å². The molecule has 1 aromatic rings. The minimum atomic E-state index is -0.448. The van der Waals surface area contributed by atoms with Crippen molar-refractivity contribution in [3.63, 3.8) is 0 Å². The van der Waals surface area contributed by atoms with E-state index in [1.165, 1.54) is 4.90 Å². The molecule has 1 aliphatic carbocycles. The molecule has 3 amide bonds. The fraction of sp³-hybridized carbons (Fsp3) is 0.600. The fourth-order valence-corrected chi connectivity index (χ4v) is 3.51. The molecule has 0 atom stereocenters. The normalized spacial score (nSPS) is 23.2. The first-order valence-corrected chi connectivity index (χ1v) is 9.78. The maximum atomic E-state index is 12.2. The molecule has 152 valence electrons. The van der Waals surface area contributed by atoms with Crippen LogP contribution in [0.5, 0.6) is 0 Å². The number of anilines is 2. The average Bonchev–Trinajstić information content (AvgIpc) is 2.62. The molecule has 1 aliphatic heterocycles. The maximum Gasteiger partial charge on any atom is 0.328 e. The van der Waals surface area contributed by atoms with Gasteiger partial charge in [-0.1, -0.05) is 0 Å². The van der Waals surface area contributed by atoms with E-state index in [0.29, 0.717) is 12.2 Å². The van der Waals surface area contributed by atoms with Gasteiger partial charge in [-0.05, 0) is 58.6 Å². The lowest BCUT2D eigenvalue weighted by Gasteiger charge is -2.30. The molecule has 0 spiro atoms. The van der Waals surface area contributed by atoms with Crippen LogP contribution in [0.15, 0.2) is 18.3 Å². The number of hydrogen-bond acceptors (Lipinski definition) is 6. The monoisotopic (exact) mass is 388 g/mol. The number of esters is 1. The highest BCUT2D eigenvalue weighted by Crippen LogP contribution is 2.29. The predicted molar refractivity (Wildman–Crippen MR) is 105 cm³/mol. The van der Waals surface area contributed by atoms with Gasteiger partial charge in [-0.2, -0.15) is 0 Å². The molecular formula is C20H28N4O4. The second kappa shape index (κ2) is 8.16. The van der Waals surface area contributed by atoms with Crippen LogP contribution in [0.4, 0.5) is 16.3 Å². The number of amides is 3. The lowest BCUT2D eigenvalue weighted by atomic mass is 9.86. The first-order chi connectivity index (χ1) is 13.2. The molecule has 0 unspecified atom stereocenters. The van der Waals surface area contributed by atoms with Crippen molar-refractivity contribution in [3.8, 4) is 0 Å². The Bertz CT molecular complexity index is 734. The number of aromatic nitrogens is 1. The Hall–Kier alpha value is -2.64. The molecule has 8 nitrogen and oxygen atoms in total. The standard InChI is InChI=1S/C20H28N4O4/c1-20(2,3)28-18(26)13-4-6-14(7-5-13)22-16-9-8-15(12-21-16)24-11-10-17(25)23-19(24)27/h8-9,12-14H,4-7,10-11H2,1-3H3,(H,21,22)(H,23,25,27)/t13-,14-. The number of hydrogen-bond donors (Lipinski definition) is 2. The van der Waals surface area contributed by atoms with Crippen LogP contribution in [-0.4, -0.2) is 41.1 Å². The third-order valence-corrected chi connectivity index (χ3v) is 4.93. The summed E-state index contributed by atoms with van der Waals surface area (Å²) < 4.78 is 5.49. The van der Waals surface area contributed by atoms with Gasteiger partial charge in [0.1, 0.15) is 11.4 Å². The Balaban J connectivity index is 1.50. The summed E-state index contributed by atoms with van der Waals surface area (Å²) in [7, 11) is 0. The van der Waals surface area contributed by atoms with Gasteiger partial charge in [0.15, 0.2) is 0 Å². The summed E-state index contributed by atoms with van der Waals surface area (Å²) in [5.41, 5.74) is 0.209. The van der Waals surface area contributed by atoms with Crippen molar-refractivity contribution in [2.45, 2.75) is 64.5 Å². The van der Waals surface area contributed by atoms with Crippen LogP contribution >= 0.6 is 0 Å². The molecule has 28 heavy (non-hydrogen) atoms. The van der Waals surface area contributed by atoms with Crippen LogP contribution in [0.25, 0.3) is 0 Å². The van der Waals surface area contributed by atoms with Crippen LogP contribution < -0.4 is 15.5 Å². The van der Waals surface area contributed by atoms with Gasteiger partial charge in [0, 0.05) is 19.0 Å². The van der Waals surface area contributed by atoms with E-state index in [-0.39, 0.29) is 30.3 Å². The average molecular weight is 388 g/mol. The van der Waals surface area contributed by atoms with E-state index in [0.717, 1.165) is 31.5 Å². The molecule has 2 N–H and O–H groups in total. The fourth-order valence-electron chi connectivity index (χ4n) is 3.51. The lowest BCUT2D eigenvalue weighted by molar-refractivity contribution is -0.161. The molecule has 1 saturated heterocycles. The van der Waals surface area contributed by atoms with Crippen LogP contribution in [-0.2, 0) is 14.3 Å². The molecule has 2 heterocycles. The van der Waals surface area contributed by atoms with Crippen LogP contribution in [0.1, 0.15) is 52.9 Å². The Morgan fingerprint density at radius 1 is 1.21 bits per heavy atom. The summed E-state index contributed by atoms with van der Waals surface area (Å²) in [5.74, 6) is 0.340. The van der Waals surface area contributed by atoms with E-state index in [4.69, 9.17) is 4.74 Å². The van der Waals surface area contributed by atoms with Crippen molar-refractivity contribution in [1.82, 2.24) is 10.3 Å². The van der Waals surface area contributed by atoms with Gasteiger partial charge < -0.3 is 10.1 Å². The summed E-state index contributed by atoms with van der Waals surface area (Å²) in [5, 5.41) is 5.70. The lowest BCUT2D eigenvalue weighted by Crippen LogP contribution is -2.49. The second-order valence-corrected chi connectivity index (χ2v) is 8.38. The highest BCUT2D eigenvalue weighted by molar-refractivity contribution is 6.05. The van der Waals surface area contributed by atoms with Crippen LogP contribution in [0.2, 0.25) is 0 Å². The molecule has 8 heteroatoms. The van der Waals surface area contributed by atoms with Gasteiger partial charge in [0.25, 0.3) is 0 Å².